The summed E-state index contributed by atoms with van der Waals surface area (Å²) in [6.07, 6.45) is -0.596. The summed E-state index contributed by atoms with van der Waals surface area (Å²) >= 11 is 1.55. The van der Waals surface area contributed by atoms with Gasteiger partial charge in [0.1, 0.15) is 24.5 Å². The third-order valence-corrected chi connectivity index (χ3v) is 10.2. The molecule has 2 aromatic carbocycles. The number of aromatic nitrogens is 1. The van der Waals surface area contributed by atoms with Gasteiger partial charge in [0.05, 0.1) is 28.2 Å². The van der Waals surface area contributed by atoms with Gasteiger partial charge in [0.2, 0.25) is 23.6 Å². The standard InChI is InChI=1S/C38H50F2N6O6S/c1-21(23-9-11-24(12-10-23)34-22(2)43-20-53-34)44-36(50)29-17-28(47)18-46(29)37(51)35(38(3,4)5)45-32(49)8-6-7-25-15-26(39)16-30(33(25)40)52-19-27(41)13-14-31(42)48/h9-12,15-16,20-21,27-29,35,47H,6-8,13-14,17-19,41H2,1-5H3,(H2,42,48)(H,44,50)(H,45,49)/t21-,27-,28+,29?,35+/m0/s1. The number of halogens is 2. The average molecular weight is 757 g/mol. The highest BCUT2D eigenvalue weighted by atomic mass is 32.1. The fourth-order valence-corrected chi connectivity index (χ4v) is 7.01. The minimum absolute atomic E-state index is 0.00158. The number of nitrogens with one attached hydrogen (secondary N) is 2. The lowest BCUT2D eigenvalue weighted by atomic mass is 9.85. The molecule has 1 fully saturated rings. The molecule has 0 bridgehead atoms. The molecule has 2 heterocycles. The fourth-order valence-electron chi connectivity index (χ4n) is 6.20. The molecule has 5 atom stereocenters. The molecule has 53 heavy (non-hydrogen) atoms. The summed E-state index contributed by atoms with van der Waals surface area (Å²) in [5, 5.41) is 16.3. The number of carbonyl (C=O) groups excluding carboxylic acids is 4. The second-order valence-corrected chi connectivity index (χ2v) is 15.5. The number of β-amino-alcohol motifs (C(OH)–C–C–N with tert-alkyl or cyclic N) is 1. The zero-order valence-corrected chi connectivity index (χ0v) is 31.6. The number of thiazole rings is 1. The van der Waals surface area contributed by atoms with Crippen molar-refractivity contribution in [2.75, 3.05) is 13.2 Å². The second kappa shape index (κ2) is 18.0. The van der Waals surface area contributed by atoms with Gasteiger partial charge in [-0.15, -0.1) is 11.3 Å². The van der Waals surface area contributed by atoms with E-state index in [-0.39, 0.29) is 69.0 Å². The number of nitrogens with two attached hydrogens (primary N) is 2. The maximum Gasteiger partial charge on any atom is 0.246 e. The van der Waals surface area contributed by atoms with Gasteiger partial charge in [-0.1, -0.05) is 45.0 Å². The first kappa shape index (κ1) is 41.3. The molecule has 7 N–H and O–H groups in total. The summed E-state index contributed by atoms with van der Waals surface area (Å²) in [5.41, 5.74) is 14.9. The Bertz CT molecular complexity index is 1760. The van der Waals surface area contributed by atoms with Crippen LogP contribution in [0.3, 0.4) is 0 Å². The van der Waals surface area contributed by atoms with Gasteiger partial charge in [-0.3, -0.25) is 19.2 Å². The van der Waals surface area contributed by atoms with E-state index >= 15 is 4.39 Å². The summed E-state index contributed by atoms with van der Waals surface area (Å²) in [6, 6.07) is 6.73. The van der Waals surface area contributed by atoms with Crippen molar-refractivity contribution >= 4 is 35.0 Å². The Morgan fingerprint density at radius 2 is 1.81 bits per heavy atom. The fraction of sp³-hybridized carbons (Fsp3) is 0.500. The Labute approximate surface area is 312 Å². The van der Waals surface area contributed by atoms with Crippen LogP contribution >= 0.6 is 11.3 Å². The zero-order valence-electron chi connectivity index (χ0n) is 30.8. The number of aryl methyl sites for hydroxylation is 2. The first-order chi connectivity index (χ1) is 24.9. The van der Waals surface area contributed by atoms with Crippen molar-refractivity contribution in [2.45, 2.75) is 103 Å². The van der Waals surface area contributed by atoms with E-state index in [0.717, 1.165) is 33.8 Å². The number of likely N-dealkylation sites (tertiary alicyclic amines) is 1. The van der Waals surface area contributed by atoms with Gasteiger partial charge in [0.25, 0.3) is 0 Å². The van der Waals surface area contributed by atoms with E-state index < -0.39 is 64.9 Å². The third kappa shape index (κ3) is 11.3. The van der Waals surface area contributed by atoms with Crippen LogP contribution in [0.5, 0.6) is 5.75 Å². The van der Waals surface area contributed by atoms with Crippen LogP contribution in [0, 0.1) is 24.0 Å². The number of primary amides is 1. The average Bonchev–Trinajstić information content (AvgIpc) is 3.71. The number of carbonyl (C=O) groups is 4. The number of ether oxygens (including phenoxy) is 1. The number of aliphatic hydroxyl groups is 1. The van der Waals surface area contributed by atoms with Crippen LogP contribution in [0.1, 0.15) is 82.7 Å². The normalized spacial score (nSPS) is 17.6. The summed E-state index contributed by atoms with van der Waals surface area (Å²) in [4.78, 5) is 58.4. The SMILES string of the molecule is Cc1ncsc1-c1ccc([C@H](C)NC(=O)C2C[C@@H](O)CN2C(=O)[C@@H](NC(=O)CCCc2cc(F)cc(OC[C@@H](N)CCC(N)=O)c2F)C(C)(C)C)cc1. The van der Waals surface area contributed by atoms with Crippen LogP contribution < -0.4 is 26.8 Å². The van der Waals surface area contributed by atoms with E-state index in [1.807, 2.05) is 38.1 Å². The molecule has 15 heteroatoms. The van der Waals surface area contributed by atoms with Crippen LogP contribution in [0.2, 0.25) is 0 Å². The van der Waals surface area contributed by atoms with Gasteiger partial charge in [0, 0.05) is 37.9 Å². The minimum Gasteiger partial charge on any atom is -0.489 e. The molecule has 4 rings (SSSR count). The lowest BCUT2D eigenvalue weighted by molar-refractivity contribution is -0.144. The highest BCUT2D eigenvalue weighted by molar-refractivity contribution is 7.13. The summed E-state index contributed by atoms with van der Waals surface area (Å²) in [7, 11) is 0. The number of aliphatic hydroxyl groups excluding tert-OH is 1. The Morgan fingerprint density at radius 3 is 2.43 bits per heavy atom. The summed E-state index contributed by atoms with van der Waals surface area (Å²) in [5.74, 6) is -3.80. The number of rotatable bonds is 16. The van der Waals surface area contributed by atoms with Crippen molar-refractivity contribution in [3.8, 4) is 16.2 Å². The van der Waals surface area contributed by atoms with E-state index in [2.05, 4.69) is 15.6 Å². The molecule has 0 radical (unpaired) electrons. The molecule has 1 unspecified atom stereocenters. The molecule has 4 amide bonds. The maximum absolute atomic E-state index is 15.2. The molecule has 1 aliphatic heterocycles. The molecule has 0 spiro atoms. The third-order valence-electron chi connectivity index (χ3n) is 9.20. The van der Waals surface area contributed by atoms with E-state index in [4.69, 9.17) is 16.2 Å². The predicted octanol–water partition coefficient (Wildman–Crippen LogP) is 4.06. The van der Waals surface area contributed by atoms with Crippen LogP contribution in [-0.4, -0.2) is 76.0 Å². The van der Waals surface area contributed by atoms with Crippen molar-refractivity contribution < 1.29 is 37.8 Å². The van der Waals surface area contributed by atoms with Crippen LogP contribution in [-0.2, 0) is 25.6 Å². The van der Waals surface area contributed by atoms with Crippen LogP contribution in [0.15, 0.2) is 41.9 Å². The van der Waals surface area contributed by atoms with Crippen molar-refractivity contribution in [1.29, 1.82) is 0 Å². The molecule has 1 aliphatic rings. The van der Waals surface area contributed by atoms with Gasteiger partial charge >= 0.3 is 0 Å². The Hall–Kier alpha value is -4.47. The Kier molecular flexibility index (Phi) is 14.1. The largest absolute Gasteiger partial charge is 0.489 e. The molecule has 0 saturated carbocycles. The van der Waals surface area contributed by atoms with E-state index in [9.17, 15) is 28.7 Å². The van der Waals surface area contributed by atoms with Gasteiger partial charge < -0.3 is 36.8 Å². The van der Waals surface area contributed by atoms with E-state index in [1.54, 1.807) is 37.6 Å². The quantitative estimate of drug-likeness (QED) is 0.145. The van der Waals surface area contributed by atoms with Gasteiger partial charge in [0.15, 0.2) is 11.6 Å². The zero-order chi connectivity index (χ0) is 39.0. The lowest BCUT2D eigenvalue weighted by Crippen LogP contribution is -2.57. The maximum atomic E-state index is 15.2. The summed E-state index contributed by atoms with van der Waals surface area (Å²) < 4.78 is 34.9. The number of benzene rings is 2. The molecule has 288 valence electrons. The Morgan fingerprint density at radius 1 is 1.11 bits per heavy atom. The van der Waals surface area contributed by atoms with Gasteiger partial charge in [-0.05, 0) is 61.3 Å². The second-order valence-electron chi connectivity index (χ2n) is 14.7. The van der Waals surface area contributed by atoms with Crippen LogP contribution in [0.4, 0.5) is 8.78 Å². The number of nitrogens with zero attached hydrogens (tertiary/aromatic N) is 2. The minimum atomic E-state index is -1.04. The monoisotopic (exact) mass is 756 g/mol. The van der Waals surface area contributed by atoms with Crippen molar-refractivity contribution in [3.63, 3.8) is 0 Å². The van der Waals surface area contributed by atoms with Crippen molar-refractivity contribution in [2.24, 2.45) is 16.9 Å². The summed E-state index contributed by atoms with van der Waals surface area (Å²) in [6.45, 7) is 8.89. The Balaban J connectivity index is 1.35. The molecule has 12 nitrogen and oxygen atoms in total. The molecule has 0 aliphatic carbocycles. The van der Waals surface area contributed by atoms with Crippen molar-refractivity contribution in [1.82, 2.24) is 20.5 Å². The topological polar surface area (TPSA) is 190 Å². The van der Waals surface area contributed by atoms with E-state index in [0.29, 0.717) is 0 Å². The van der Waals surface area contributed by atoms with Gasteiger partial charge in [-0.2, -0.15) is 0 Å². The van der Waals surface area contributed by atoms with E-state index in [1.165, 1.54) is 4.90 Å². The molecule has 1 saturated heterocycles. The first-order valence-corrected chi connectivity index (χ1v) is 18.6. The number of hydrogen-bond acceptors (Lipinski definition) is 9. The molecular weight excluding hydrogens is 707 g/mol. The van der Waals surface area contributed by atoms with Crippen molar-refractivity contribution in [3.05, 3.63) is 70.4 Å². The number of amides is 4. The van der Waals surface area contributed by atoms with Gasteiger partial charge in [-0.25, -0.2) is 13.8 Å². The lowest BCUT2D eigenvalue weighted by Gasteiger charge is -2.35. The first-order valence-electron chi connectivity index (χ1n) is 17.7. The van der Waals surface area contributed by atoms with Crippen LogP contribution in [0.25, 0.3) is 10.4 Å². The highest BCUT2D eigenvalue weighted by Crippen LogP contribution is 2.30. The smallest absolute Gasteiger partial charge is 0.246 e. The molecule has 3 aromatic rings. The molecule has 1 aromatic heterocycles. The number of hydrogen-bond donors (Lipinski definition) is 5. The molecular formula is C38H50F2N6O6S. The predicted molar refractivity (Wildman–Crippen MR) is 198 cm³/mol. The highest BCUT2D eigenvalue weighted by Gasteiger charge is 2.44.